The Hall–Kier alpha value is -2.84. The largest absolute Gasteiger partial charge is 0.302 e. The van der Waals surface area contributed by atoms with E-state index in [9.17, 15) is 9.59 Å². The topological polar surface area (TPSA) is 76.9 Å². The molecule has 0 saturated carbocycles. The third kappa shape index (κ3) is 3.25. The second-order valence-corrected chi connectivity index (χ2v) is 8.30. The third-order valence-electron chi connectivity index (χ3n) is 4.60. The molecule has 8 heteroatoms. The van der Waals surface area contributed by atoms with Gasteiger partial charge in [0.1, 0.15) is 4.83 Å². The number of benzene rings is 1. The van der Waals surface area contributed by atoms with Crippen molar-refractivity contribution in [3.05, 3.63) is 62.3 Å². The average Bonchev–Trinajstić information content (AvgIpc) is 3.30. The van der Waals surface area contributed by atoms with Gasteiger partial charge in [-0.1, -0.05) is 31.2 Å². The van der Waals surface area contributed by atoms with Crippen molar-refractivity contribution in [1.29, 1.82) is 0 Å². The molecule has 1 aromatic carbocycles. The van der Waals surface area contributed by atoms with E-state index >= 15 is 0 Å². The maximum absolute atomic E-state index is 12.8. The number of amides is 1. The second kappa shape index (κ2) is 7.29. The number of thiophene rings is 1. The number of rotatable bonds is 4. The lowest BCUT2D eigenvalue weighted by atomic mass is 10.1. The van der Waals surface area contributed by atoms with Gasteiger partial charge in [0.2, 0.25) is 0 Å². The van der Waals surface area contributed by atoms with Crippen molar-refractivity contribution in [2.75, 3.05) is 5.32 Å². The lowest BCUT2D eigenvalue weighted by Crippen LogP contribution is -2.17. The van der Waals surface area contributed by atoms with Gasteiger partial charge < -0.3 is 4.57 Å². The molecule has 1 N–H and O–H groups in total. The van der Waals surface area contributed by atoms with Crippen molar-refractivity contribution in [3.63, 3.8) is 0 Å². The van der Waals surface area contributed by atoms with Gasteiger partial charge in [-0.2, -0.15) is 0 Å². The first kappa shape index (κ1) is 18.5. The van der Waals surface area contributed by atoms with Crippen LogP contribution in [0, 0.1) is 6.92 Å². The molecule has 1 amide bonds. The zero-order valence-electron chi connectivity index (χ0n) is 15.6. The molecule has 6 nitrogen and oxygen atoms in total. The summed E-state index contributed by atoms with van der Waals surface area (Å²) in [5, 5.41) is 5.79. The van der Waals surface area contributed by atoms with Gasteiger partial charge in [0.15, 0.2) is 5.13 Å². The van der Waals surface area contributed by atoms with Crippen molar-refractivity contribution in [2.24, 2.45) is 7.05 Å². The molecule has 0 unspecified atom stereocenters. The zero-order valence-corrected chi connectivity index (χ0v) is 17.3. The molecule has 0 saturated heterocycles. The van der Waals surface area contributed by atoms with Gasteiger partial charge >= 0.3 is 0 Å². The molecular weight excluding hydrogens is 392 g/mol. The number of hydrogen-bond acceptors (Lipinski definition) is 6. The monoisotopic (exact) mass is 410 g/mol. The standard InChI is InChI=1S/C20H18N4O2S2/c1-4-12-5-7-13(8-6-12)14-9-27-20(22-14)23-17(25)16-11(2)15-18(28-16)21-10-24(3)19(15)26/h5-10H,4H2,1-3H3,(H,22,23,25). The van der Waals surface area contributed by atoms with Crippen molar-refractivity contribution in [1.82, 2.24) is 14.5 Å². The van der Waals surface area contributed by atoms with Crippen LogP contribution in [0.3, 0.4) is 0 Å². The van der Waals surface area contributed by atoms with E-state index in [1.54, 1.807) is 14.0 Å². The van der Waals surface area contributed by atoms with E-state index in [0.29, 0.717) is 25.8 Å². The Balaban J connectivity index is 1.60. The van der Waals surface area contributed by atoms with Crippen LogP contribution in [-0.2, 0) is 13.5 Å². The van der Waals surface area contributed by atoms with Gasteiger partial charge in [0, 0.05) is 18.0 Å². The maximum atomic E-state index is 12.8. The summed E-state index contributed by atoms with van der Waals surface area (Å²) in [5.74, 6) is -0.273. The van der Waals surface area contributed by atoms with Gasteiger partial charge in [-0.3, -0.25) is 14.9 Å². The minimum Gasteiger partial charge on any atom is -0.302 e. The van der Waals surface area contributed by atoms with Crippen LogP contribution >= 0.6 is 22.7 Å². The molecule has 0 aliphatic heterocycles. The predicted octanol–water partition coefficient (Wildman–Crippen LogP) is 4.24. The Morgan fingerprint density at radius 1 is 1.25 bits per heavy atom. The lowest BCUT2D eigenvalue weighted by molar-refractivity contribution is 0.103. The molecule has 3 aromatic heterocycles. The number of aryl methyl sites for hydroxylation is 3. The van der Waals surface area contributed by atoms with E-state index in [0.717, 1.165) is 17.7 Å². The van der Waals surface area contributed by atoms with E-state index in [-0.39, 0.29) is 11.5 Å². The summed E-state index contributed by atoms with van der Waals surface area (Å²) >= 11 is 2.60. The first-order valence-corrected chi connectivity index (χ1v) is 10.5. The smallest absolute Gasteiger partial charge is 0.267 e. The highest BCUT2D eigenvalue weighted by Crippen LogP contribution is 2.29. The molecule has 0 radical (unpaired) electrons. The minimum absolute atomic E-state index is 0.148. The number of thiazole rings is 1. The van der Waals surface area contributed by atoms with E-state index < -0.39 is 0 Å². The molecule has 0 atom stereocenters. The van der Waals surface area contributed by atoms with E-state index in [4.69, 9.17) is 0 Å². The van der Waals surface area contributed by atoms with Crippen molar-refractivity contribution in [2.45, 2.75) is 20.3 Å². The van der Waals surface area contributed by atoms with E-state index in [2.05, 4.69) is 34.3 Å². The van der Waals surface area contributed by atoms with Crippen LogP contribution in [0.4, 0.5) is 5.13 Å². The molecule has 0 bridgehead atoms. The number of fused-ring (bicyclic) bond motifs is 1. The summed E-state index contributed by atoms with van der Waals surface area (Å²) in [7, 11) is 1.65. The number of nitrogens with one attached hydrogen (secondary N) is 1. The van der Waals surface area contributed by atoms with Gasteiger partial charge in [0.25, 0.3) is 11.5 Å². The molecular formula is C20H18N4O2S2. The molecule has 0 fully saturated rings. The average molecular weight is 411 g/mol. The number of nitrogens with zero attached hydrogens (tertiary/aromatic N) is 3. The Labute approximate surface area is 169 Å². The fourth-order valence-corrected chi connectivity index (χ4v) is 4.70. The molecule has 4 aromatic rings. The highest BCUT2D eigenvalue weighted by Gasteiger charge is 2.20. The van der Waals surface area contributed by atoms with Crippen LogP contribution in [-0.4, -0.2) is 20.4 Å². The van der Waals surface area contributed by atoms with Gasteiger partial charge in [-0.05, 0) is 24.5 Å². The predicted molar refractivity (Wildman–Crippen MR) is 114 cm³/mol. The summed E-state index contributed by atoms with van der Waals surface area (Å²) in [6.45, 7) is 3.90. The van der Waals surface area contributed by atoms with Crippen molar-refractivity contribution in [3.8, 4) is 11.3 Å². The van der Waals surface area contributed by atoms with Gasteiger partial charge in [0.05, 0.1) is 22.3 Å². The lowest BCUT2D eigenvalue weighted by Gasteiger charge is -2.01. The number of carbonyl (C=O) groups is 1. The first-order chi connectivity index (χ1) is 13.5. The fourth-order valence-electron chi connectivity index (χ4n) is 2.95. The number of hydrogen-bond donors (Lipinski definition) is 1. The van der Waals surface area contributed by atoms with Crippen molar-refractivity contribution >= 4 is 43.9 Å². The van der Waals surface area contributed by atoms with Crippen LogP contribution in [0.25, 0.3) is 21.5 Å². The summed E-state index contributed by atoms with van der Waals surface area (Å²) in [5.41, 5.74) is 3.61. The van der Waals surface area contributed by atoms with E-state index in [1.807, 2.05) is 17.5 Å². The third-order valence-corrected chi connectivity index (χ3v) is 6.56. The molecule has 142 valence electrons. The SMILES string of the molecule is CCc1ccc(-c2csc(NC(=O)c3sc4ncn(C)c(=O)c4c3C)n2)cc1. The molecule has 0 aliphatic carbocycles. The second-order valence-electron chi connectivity index (χ2n) is 6.44. The summed E-state index contributed by atoms with van der Waals surface area (Å²) in [4.78, 5) is 34.9. The Bertz CT molecular complexity index is 1240. The first-order valence-electron chi connectivity index (χ1n) is 8.79. The Morgan fingerprint density at radius 3 is 2.71 bits per heavy atom. The highest BCUT2D eigenvalue weighted by atomic mass is 32.1. The van der Waals surface area contributed by atoms with E-state index in [1.165, 1.54) is 39.1 Å². The highest BCUT2D eigenvalue weighted by molar-refractivity contribution is 7.21. The summed E-state index contributed by atoms with van der Waals surface area (Å²) < 4.78 is 1.42. The molecule has 3 heterocycles. The zero-order chi connectivity index (χ0) is 19.8. The van der Waals surface area contributed by atoms with Gasteiger partial charge in [-0.15, -0.1) is 22.7 Å². The molecule has 0 spiro atoms. The van der Waals surface area contributed by atoms with Crippen LogP contribution in [0.2, 0.25) is 0 Å². The fraction of sp³-hybridized carbons (Fsp3) is 0.200. The summed E-state index contributed by atoms with van der Waals surface area (Å²) in [6.07, 6.45) is 2.46. The Kier molecular flexibility index (Phi) is 4.82. The van der Waals surface area contributed by atoms with Crippen LogP contribution < -0.4 is 10.9 Å². The number of carbonyl (C=O) groups excluding carboxylic acids is 1. The number of aromatic nitrogens is 3. The number of anilines is 1. The Morgan fingerprint density at radius 2 is 2.00 bits per heavy atom. The van der Waals surface area contributed by atoms with Crippen LogP contribution in [0.5, 0.6) is 0 Å². The van der Waals surface area contributed by atoms with Crippen LogP contribution in [0.15, 0.2) is 40.8 Å². The van der Waals surface area contributed by atoms with Gasteiger partial charge in [-0.25, -0.2) is 9.97 Å². The van der Waals surface area contributed by atoms with Crippen molar-refractivity contribution < 1.29 is 4.79 Å². The minimum atomic E-state index is -0.273. The van der Waals surface area contributed by atoms with Crippen LogP contribution in [0.1, 0.15) is 27.7 Å². The normalized spacial score (nSPS) is 11.1. The summed E-state index contributed by atoms with van der Waals surface area (Å²) in [6, 6.07) is 8.25. The molecule has 28 heavy (non-hydrogen) atoms. The maximum Gasteiger partial charge on any atom is 0.267 e. The quantitative estimate of drug-likeness (QED) is 0.546. The molecule has 0 aliphatic rings. The molecule has 4 rings (SSSR count).